The predicted molar refractivity (Wildman–Crippen MR) is 102 cm³/mol. The van der Waals surface area contributed by atoms with Crippen molar-refractivity contribution in [1.29, 1.82) is 0 Å². The Balaban J connectivity index is 4.16. The first-order chi connectivity index (χ1) is 10.6. The van der Waals surface area contributed by atoms with E-state index in [-0.39, 0.29) is 0 Å². The quantitative estimate of drug-likeness (QED) is 0.305. The molecule has 0 radical (unpaired) electrons. The van der Waals surface area contributed by atoms with Crippen LogP contribution in [0.2, 0.25) is 0 Å². The summed E-state index contributed by atoms with van der Waals surface area (Å²) in [6.45, 7) is 12.1. The monoisotopic (exact) mass is 303 g/mol. The lowest BCUT2D eigenvalue weighted by Gasteiger charge is -2.20. The van der Waals surface area contributed by atoms with Crippen molar-refractivity contribution < 1.29 is 0 Å². The van der Waals surface area contributed by atoms with Gasteiger partial charge in [-0.1, -0.05) is 49.3 Å². The van der Waals surface area contributed by atoms with Crippen LogP contribution in [0.4, 0.5) is 0 Å². The van der Waals surface area contributed by atoms with E-state index in [0.29, 0.717) is 0 Å². The highest BCUT2D eigenvalue weighted by atomic mass is 15.1. The second kappa shape index (κ2) is 13.4. The third kappa shape index (κ3) is 9.65. The molecule has 0 saturated carbocycles. The minimum Gasteiger partial charge on any atom is -0.375 e. The average molecular weight is 304 g/mol. The molecule has 1 heteroatoms. The van der Waals surface area contributed by atoms with Gasteiger partial charge in [0.2, 0.25) is 0 Å². The average Bonchev–Trinajstić information content (AvgIpc) is 2.54. The SMILES string of the molecule is CCC=CC(C)=CCCCCC=CC(=C(C)CC)N(C)CC. The van der Waals surface area contributed by atoms with Gasteiger partial charge in [0.25, 0.3) is 0 Å². The number of likely N-dealkylation sites (N-methyl/N-ethyl adjacent to an activating group) is 1. The second-order valence-corrected chi connectivity index (χ2v) is 5.98. The van der Waals surface area contributed by atoms with E-state index in [2.05, 4.69) is 76.9 Å². The molecule has 1 nitrogen and oxygen atoms in total. The highest BCUT2D eigenvalue weighted by Crippen LogP contribution is 2.14. The molecule has 0 spiro atoms. The van der Waals surface area contributed by atoms with Crippen LogP contribution >= 0.6 is 0 Å². The maximum Gasteiger partial charge on any atom is 0.0349 e. The van der Waals surface area contributed by atoms with Crippen LogP contribution in [0.25, 0.3) is 0 Å². The summed E-state index contributed by atoms with van der Waals surface area (Å²) in [5, 5.41) is 0. The highest BCUT2D eigenvalue weighted by molar-refractivity contribution is 5.23. The van der Waals surface area contributed by atoms with Gasteiger partial charge in [-0.25, -0.2) is 0 Å². The molecule has 0 N–H and O–H groups in total. The predicted octanol–water partition coefficient (Wildman–Crippen LogP) is 6.65. The van der Waals surface area contributed by atoms with E-state index >= 15 is 0 Å². The van der Waals surface area contributed by atoms with Crippen molar-refractivity contribution in [2.24, 2.45) is 0 Å². The van der Waals surface area contributed by atoms with E-state index in [9.17, 15) is 0 Å². The minimum atomic E-state index is 1.06. The van der Waals surface area contributed by atoms with Crippen LogP contribution < -0.4 is 0 Å². The van der Waals surface area contributed by atoms with Crippen molar-refractivity contribution in [1.82, 2.24) is 4.90 Å². The Kier molecular flexibility index (Phi) is 12.7. The molecule has 0 atom stereocenters. The van der Waals surface area contributed by atoms with Gasteiger partial charge in [-0.3, -0.25) is 0 Å². The van der Waals surface area contributed by atoms with E-state index in [1.54, 1.807) is 0 Å². The molecule has 0 aromatic carbocycles. The standard InChI is InChI=1S/C21H37N/c1-7-10-16-19(4)17-14-12-11-13-15-18-21(20(5)8-2)22(6)9-3/h10,15-18H,7-9,11-14H2,1-6H3. The zero-order valence-corrected chi connectivity index (χ0v) is 15.8. The summed E-state index contributed by atoms with van der Waals surface area (Å²) >= 11 is 0. The Morgan fingerprint density at radius 3 is 2.18 bits per heavy atom. The molecule has 0 aliphatic rings. The molecule has 0 aliphatic heterocycles. The fourth-order valence-electron chi connectivity index (χ4n) is 2.25. The number of hydrogen-bond donors (Lipinski definition) is 0. The van der Waals surface area contributed by atoms with Gasteiger partial charge >= 0.3 is 0 Å². The zero-order chi connectivity index (χ0) is 16.8. The van der Waals surface area contributed by atoms with Crippen LogP contribution in [0, 0.1) is 0 Å². The fraction of sp³-hybridized carbons (Fsp3) is 0.619. The van der Waals surface area contributed by atoms with Crippen LogP contribution in [0.3, 0.4) is 0 Å². The maximum absolute atomic E-state index is 2.35. The Morgan fingerprint density at radius 2 is 1.59 bits per heavy atom. The van der Waals surface area contributed by atoms with E-state index in [1.165, 1.54) is 42.5 Å². The van der Waals surface area contributed by atoms with Crippen molar-refractivity contribution in [3.05, 3.63) is 47.2 Å². The zero-order valence-electron chi connectivity index (χ0n) is 15.8. The Bertz CT molecular complexity index is 396. The number of unbranched alkanes of at least 4 members (excludes halogenated alkanes) is 3. The van der Waals surface area contributed by atoms with Crippen molar-refractivity contribution in [2.75, 3.05) is 13.6 Å². The minimum absolute atomic E-state index is 1.06. The summed E-state index contributed by atoms with van der Waals surface area (Å²) in [6, 6.07) is 0. The summed E-state index contributed by atoms with van der Waals surface area (Å²) in [5.41, 5.74) is 4.26. The first kappa shape index (κ1) is 20.8. The summed E-state index contributed by atoms with van der Waals surface area (Å²) in [4.78, 5) is 2.33. The van der Waals surface area contributed by atoms with Gasteiger partial charge in [0, 0.05) is 19.3 Å². The number of rotatable bonds is 11. The van der Waals surface area contributed by atoms with Gasteiger partial charge < -0.3 is 4.90 Å². The molecule has 0 heterocycles. The summed E-state index contributed by atoms with van der Waals surface area (Å²) in [5.74, 6) is 0. The Hall–Kier alpha value is -1.24. The van der Waals surface area contributed by atoms with Crippen LogP contribution in [0.1, 0.15) is 73.1 Å². The molecular formula is C21H37N. The van der Waals surface area contributed by atoms with Gasteiger partial charge in [-0.15, -0.1) is 0 Å². The van der Waals surface area contributed by atoms with Crippen LogP contribution in [-0.4, -0.2) is 18.5 Å². The molecule has 126 valence electrons. The molecule has 0 bridgehead atoms. The van der Waals surface area contributed by atoms with Crippen molar-refractivity contribution in [2.45, 2.75) is 73.1 Å². The molecule has 0 aromatic rings. The van der Waals surface area contributed by atoms with Gasteiger partial charge in [-0.2, -0.15) is 0 Å². The molecule has 0 saturated heterocycles. The van der Waals surface area contributed by atoms with Crippen LogP contribution in [0.5, 0.6) is 0 Å². The van der Waals surface area contributed by atoms with Crippen molar-refractivity contribution in [3.63, 3.8) is 0 Å². The van der Waals surface area contributed by atoms with Crippen LogP contribution in [0.15, 0.2) is 47.2 Å². The smallest absolute Gasteiger partial charge is 0.0349 e. The largest absolute Gasteiger partial charge is 0.375 e. The Morgan fingerprint density at radius 1 is 0.909 bits per heavy atom. The van der Waals surface area contributed by atoms with Crippen molar-refractivity contribution >= 4 is 0 Å². The third-order valence-corrected chi connectivity index (χ3v) is 4.04. The van der Waals surface area contributed by atoms with E-state index < -0.39 is 0 Å². The molecule has 0 amide bonds. The van der Waals surface area contributed by atoms with Gasteiger partial charge in [-0.05, 0) is 65.4 Å². The lowest BCUT2D eigenvalue weighted by molar-refractivity contribution is 0.449. The molecule has 0 rings (SSSR count). The van der Waals surface area contributed by atoms with Gasteiger partial charge in [0.15, 0.2) is 0 Å². The third-order valence-electron chi connectivity index (χ3n) is 4.04. The Labute approximate surface area is 139 Å². The molecule has 0 aromatic heterocycles. The van der Waals surface area contributed by atoms with Crippen molar-refractivity contribution in [3.8, 4) is 0 Å². The molecule has 0 unspecified atom stereocenters. The van der Waals surface area contributed by atoms with Crippen LogP contribution in [-0.2, 0) is 0 Å². The number of allylic oxidation sites excluding steroid dienone is 7. The maximum atomic E-state index is 2.35. The van der Waals surface area contributed by atoms with Gasteiger partial charge in [0.05, 0.1) is 0 Å². The number of nitrogens with zero attached hydrogens (tertiary/aromatic N) is 1. The topological polar surface area (TPSA) is 3.24 Å². The first-order valence-electron chi connectivity index (χ1n) is 8.97. The summed E-state index contributed by atoms with van der Waals surface area (Å²) < 4.78 is 0. The van der Waals surface area contributed by atoms with Gasteiger partial charge in [0.1, 0.15) is 0 Å². The lowest BCUT2D eigenvalue weighted by atomic mass is 10.1. The molecule has 0 fully saturated rings. The first-order valence-corrected chi connectivity index (χ1v) is 8.97. The second-order valence-electron chi connectivity index (χ2n) is 5.98. The van der Waals surface area contributed by atoms with E-state index in [0.717, 1.165) is 19.4 Å². The highest BCUT2D eigenvalue weighted by Gasteiger charge is 2.01. The fourth-order valence-corrected chi connectivity index (χ4v) is 2.25. The number of hydrogen-bond acceptors (Lipinski definition) is 1. The molecule has 0 aliphatic carbocycles. The molecule has 22 heavy (non-hydrogen) atoms. The summed E-state index contributed by atoms with van der Waals surface area (Å²) in [6.07, 6.45) is 18.6. The molecular weight excluding hydrogens is 266 g/mol. The summed E-state index contributed by atoms with van der Waals surface area (Å²) in [7, 11) is 2.18. The van der Waals surface area contributed by atoms with E-state index in [4.69, 9.17) is 0 Å². The van der Waals surface area contributed by atoms with E-state index in [1.807, 2.05) is 0 Å². The lowest BCUT2D eigenvalue weighted by Crippen LogP contribution is -2.17. The normalized spacial score (nSPS) is 14.0.